The molecular weight excluding hydrogens is 348 g/mol. The van der Waals surface area contributed by atoms with Crippen molar-refractivity contribution in [2.45, 2.75) is 37.8 Å². The quantitative estimate of drug-likeness (QED) is 0.642. The Hall–Kier alpha value is -2.73. The molecule has 1 aliphatic carbocycles. The van der Waals surface area contributed by atoms with E-state index in [-0.39, 0.29) is 29.6 Å². The van der Waals surface area contributed by atoms with Crippen LogP contribution in [0.4, 0.5) is 8.78 Å². The van der Waals surface area contributed by atoms with Gasteiger partial charge in [-0.1, -0.05) is 0 Å². The van der Waals surface area contributed by atoms with Gasteiger partial charge in [0.25, 0.3) is 0 Å². The van der Waals surface area contributed by atoms with E-state index in [0.717, 1.165) is 40.6 Å². The average Bonchev–Trinajstić information content (AvgIpc) is 2.97. The van der Waals surface area contributed by atoms with Gasteiger partial charge in [0.05, 0.1) is 0 Å². The monoisotopic (exact) mass is 369 g/mol. The van der Waals surface area contributed by atoms with Gasteiger partial charge in [0.1, 0.15) is 11.6 Å². The Kier molecular flexibility index (Phi) is 4.66. The Morgan fingerprint density at radius 2 is 1.81 bits per heavy atom. The van der Waals surface area contributed by atoms with Crippen LogP contribution in [0.25, 0.3) is 22.2 Å². The summed E-state index contributed by atoms with van der Waals surface area (Å²) in [7, 11) is 0. The molecule has 0 saturated heterocycles. The molecule has 0 bridgehead atoms. The zero-order valence-electron chi connectivity index (χ0n) is 14.8. The number of rotatable bonds is 5. The van der Waals surface area contributed by atoms with Crippen LogP contribution in [0.2, 0.25) is 0 Å². The number of carbonyl (C=O) groups is 1. The second-order valence-corrected chi connectivity index (χ2v) is 7.17. The number of hydrogen-bond acceptors (Lipinski definition) is 2. The van der Waals surface area contributed by atoms with Crippen LogP contribution in [0.3, 0.4) is 0 Å². The summed E-state index contributed by atoms with van der Waals surface area (Å²) in [6, 6.07) is 11.0. The Morgan fingerprint density at radius 1 is 1.11 bits per heavy atom. The molecule has 0 radical (unpaired) electrons. The van der Waals surface area contributed by atoms with Crippen LogP contribution in [0.1, 0.15) is 24.8 Å². The molecule has 1 fully saturated rings. The van der Waals surface area contributed by atoms with Crippen molar-refractivity contribution in [3.63, 3.8) is 0 Å². The molecule has 1 aromatic heterocycles. The molecule has 1 aliphatic rings. The first-order chi connectivity index (χ1) is 13.0. The van der Waals surface area contributed by atoms with Crippen LogP contribution in [0.5, 0.6) is 0 Å². The molecule has 2 aromatic carbocycles. The number of carbonyl (C=O) groups excluding carboxylic acids is 1. The Balaban J connectivity index is 1.61. The summed E-state index contributed by atoms with van der Waals surface area (Å²) >= 11 is 0. The fourth-order valence-electron chi connectivity index (χ4n) is 3.66. The number of aromatic nitrogens is 1. The maximum Gasteiger partial charge on any atom is 0.220 e. The van der Waals surface area contributed by atoms with E-state index in [9.17, 15) is 13.6 Å². The van der Waals surface area contributed by atoms with Gasteiger partial charge < -0.3 is 16.0 Å². The molecule has 3 aromatic rings. The van der Waals surface area contributed by atoms with Crippen molar-refractivity contribution >= 4 is 16.8 Å². The minimum Gasteiger partial charge on any atom is -0.354 e. The highest BCUT2D eigenvalue weighted by Gasteiger charge is 2.27. The molecule has 140 valence electrons. The third-order valence-electron chi connectivity index (χ3n) is 5.14. The summed E-state index contributed by atoms with van der Waals surface area (Å²) in [6.45, 7) is 0. The van der Waals surface area contributed by atoms with Gasteiger partial charge in [-0.2, -0.15) is 0 Å². The normalized spacial score (nSPS) is 19.1. The van der Waals surface area contributed by atoms with Crippen molar-refractivity contribution in [1.82, 2.24) is 10.3 Å². The van der Waals surface area contributed by atoms with E-state index in [0.29, 0.717) is 12.8 Å². The van der Waals surface area contributed by atoms with Crippen LogP contribution in [0, 0.1) is 11.6 Å². The Morgan fingerprint density at radius 3 is 2.52 bits per heavy atom. The minimum absolute atomic E-state index is 0.0392. The molecule has 0 unspecified atom stereocenters. The summed E-state index contributed by atoms with van der Waals surface area (Å²) in [5.74, 6) is -0.690. The van der Waals surface area contributed by atoms with E-state index >= 15 is 0 Å². The number of fused-ring (bicyclic) bond motifs is 1. The van der Waals surface area contributed by atoms with E-state index in [1.54, 1.807) is 18.2 Å². The highest BCUT2D eigenvalue weighted by Crippen LogP contribution is 2.32. The topological polar surface area (TPSA) is 70.9 Å². The fourth-order valence-corrected chi connectivity index (χ4v) is 3.66. The SMILES string of the molecule is N[C@H]1C[C@@H](NC(=O)CCc2c(-c3ccc(F)cc3)[nH]c3ccc(F)cc23)C1. The number of amides is 1. The van der Waals surface area contributed by atoms with Crippen LogP contribution in [-0.2, 0) is 11.2 Å². The largest absolute Gasteiger partial charge is 0.354 e. The third-order valence-corrected chi connectivity index (χ3v) is 5.14. The molecule has 1 amide bonds. The van der Waals surface area contributed by atoms with Crippen LogP contribution in [0.15, 0.2) is 42.5 Å². The molecule has 4 nitrogen and oxygen atoms in total. The first kappa shape index (κ1) is 17.7. The molecule has 0 aliphatic heterocycles. The van der Waals surface area contributed by atoms with Crippen molar-refractivity contribution in [3.8, 4) is 11.3 Å². The minimum atomic E-state index is -0.332. The third kappa shape index (κ3) is 3.71. The van der Waals surface area contributed by atoms with E-state index in [2.05, 4.69) is 10.3 Å². The van der Waals surface area contributed by atoms with Crippen molar-refractivity contribution in [2.75, 3.05) is 0 Å². The maximum absolute atomic E-state index is 13.8. The lowest BCUT2D eigenvalue weighted by atomic mass is 9.87. The zero-order chi connectivity index (χ0) is 19.0. The van der Waals surface area contributed by atoms with E-state index in [1.165, 1.54) is 24.3 Å². The smallest absolute Gasteiger partial charge is 0.220 e. The van der Waals surface area contributed by atoms with Crippen LogP contribution in [-0.4, -0.2) is 23.0 Å². The molecule has 0 atom stereocenters. The molecule has 0 spiro atoms. The van der Waals surface area contributed by atoms with E-state index in [1.807, 2.05) is 0 Å². The van der Waals surface area contributed by atoms with Gasteiger partial charge in [-0.05, 0) is 72.9 Å². The summed E-state index contributed by atoms with van der Waals surface area (Å²) in [4.78, 5) is 15.5. The van der Waals surface area contributed by atoms with Gasteiger partial charge in [0, 0.05) is 35.1 Å². The van der Waals surface area contributed by atoms with Crippen LogP contribution < -0.4 is 11.1 Å². The number of aryl methyl sites for hydroxylation is 1. The summed E-state index contributed by atoms with van der Waals surface area (Å²) < 4.78 is 27.1. The highest BCUT2D eigenvalue weighted by molar-refractivity contribution is 5.91. The highest BCUT2D eigenvalue weighted by atomic mass is 19.1. The molecule has 6 heteroatoms. The number of halogens is 2. The number of benzene rings is 2. The lowest BCUT2D eigenvalue weighted by molar-refractivity contribution is -0.122. The molecule has 1 heterocycles. The van der Waals surface area contributed by atoms with Gasteiger partial charge in [-0.25, -0.2) is 8.78 Å². The van der Waals surface area contributed by atoms with E-state index < -0.39 is 0 Å². The second-order valence-electron chi connectivity index (χ2n) is 7.17. The number of nitrogens with two attached hydrogens (primary N) is 1. The number of aromatic amines is 1. The van der Waals surface area contributed by atoms with E-state index in [4.69, 9.17) is 5.73 Å². The van der Waals surface area contributed by atoms with Gasteiger partial charge in [-0.3, -0.25) is 4.79 Å². The lowest BCUT2D eigenvalue weighted by Gasteiger charge is -2.32. The van der Waals surface area contributed by atoms with Gasteiger partial charge in [0.15, 0.2) is 0 Å². The van der Waals surface area contributed by atoms with Gasteiger partial charge in [-0.15, -0.1) is 0 Å². The summed E-state index contributed by atoms with van der Waals surface area (Å²) in [6.07, 6.45) is 2.37. The lowest BCUT2D eigenvalue weighted by Crippen LogP contribution is -2.50. The van der Waals surface area contributed by atoms with Crippen molar-refractivity contribution < 1.29 is 13.6 Å². The number of H-pyrrole nitrogens is 1. The first-order valence-corrected chi connectivity index (χ1v) is 9.10. The molecule has 1 saturated carbocycles. The molecular formula is C21H21F2N3O. The van der Waals surface area contributed by atoms with Gasteiger partial charge in [0.2, 0.25) is 5.91 Å². The first-order valence-electron chi connectivity index (χ1n) is 9.10. The standard InChI is InChI=1S/C21H21F2N3O/c22-13-3-1-12(2-4-13)21-17(18-9-14(23)5-7-19(18)26-21)6-8-20(27)25-16-10-15(24)11-16/h1-5,7,9,15-16,26H,6,8,10-11,24H2,(H,25,27)/t15-,16+. The van der Waals surface area contributed by atoms with Crippen molar-refractivity contribution in [2.24, 2.45) is 5.73 Å². The predicted octanol–water partition coefficient (Wildman–Crippen LogP) is 3.65. The summed E-state index contributed by atoms with van der Waals surface area (Å²) in [5.41, 5.74) is 8.98. The second kappa shape index (κ2) is 7.12. The average molecular weight is 369 g/mol. The number of hydrogen-bond donors (Lipinski definition) is 3. The molecule has 4 N–H and O–H groups in total. The van der Waals surface area contributed by atoms with Crippen molar-refractivity contribution in [3.05, 3.63) is 59.7 Å². The predicted molar refractivity (Wildman–Crippen MR) is 101 cm³/mol. The summed E-state index contributed by atoms with van der Waals surface area (Å²) in [5, 5.41) is 3.73. The Bertz CT molecular complexity index is 975. The zero-order valence-corrected chi connectivity index (χ0v) is 14.8. The molecule has 27 heavy (non-hydrogen) atoms. The molecule has 4 rings (SSSR count). The maximum atomic E-state index is 13.8. The Labute approximate surface area is 155 Å². The van der Waals surface area contributed by atoms with Crippen LogP contribution >= 0.6 is 0 Å². The fraction of sp³-hybridized carbons (Fsp3) is 0.286. The number of nitrogens with one attached hydrogen (secondary N) is 2. The van der Waals surface area contributed by atoms with Gasteiger partial charge >= 0.3 is 0 Å². The van der Waals surface area contributed by atoms with Crippen molar-refractivity contribution in [1.29, 1.82) is 0 Å².